The van der Waals surface area contributed by atoms with Crippen LogP contribution in [-0.4, -0.2) is 37.6 Å². The van der Waals surface area contributed by atoms with Gasteiger partial charge in [0.1, 0.15) is 0 Å². The van der Waals surface area contributed by atoms with Crippen molar-refractivity contribution in [1.82, 2.24) is 10.2 Å². The largest absolute Gasteiger partial charge is 0.315 e. The van der Waals surface area contributed by atoms with Crippen LogP contribution in [0.1, 0.15) is 32.3 Å². The molecular formula is C16H26F2N2. The van der Waals surface area contributed by atoms with E-state index in [1.165, 1.54) is 0 Å². The molecule has 4 heteroatoms. The third-order valence-corrected chi connectivity index (χ3v) is 4.57. The number of rotatable bonds is 7. The molecule has 114 valence electrons. The second-order valence-electron chi connectivity index (χ2n) is 5.46. The summed E-state index contributed by atoms with van der Waals surface area (Å²) in [5, 5.41) is 3.29. The van der Waals surface area contributed by atoms with Gasteiger partial charge in [-0.2, -0.15) is 0 Å². The lowest BCUT2D eigenvalue weighted by Gasteiger charge is -2.45. The molecule has 0 aliphatic heterocycles. The standard InChI is InChI=1S/C16H26F2N2/c1-6-16(7-2,20(4)5)14(19-3)11-12-9-8-10-13(17)15(12)18/h8-10,14,19H,6-7,11H2,1-5H3. The average Bonchev–Trinajstić information content (AvgIpc) is 2.43. The zero-order valence-electron chi connectivity index (χ0n) is 13.1. The summed E-state index contributed by atoms with van der Waals surface area (Å²) >= 11 is 0. The molecule has 1 rings (SSSR count). The summed E-state index contributed by atoms with van der Waals surface area (Å²) in [7, 11) is 5.96. The molecule has 1 aromatic rings. The van der Waals surface area contributed by atoms with Crippen molar-refractivity contribution in [1.29, 1.82) is 0 Å². The molecule has 0 aliphatic carbocycles. The number of likely N-dealkylation sites (N-methyl/N-ethyl adjacent to an activating group) is 2. The summed E-state index contributed by atoms with van der Waals surface area (Å²) in [6, 6.07) is 4.44. The second-order valence-corrected chi connectivity index (χ2v) is 5.46. The van der Waals surface area contributed by atoms with Gasteiger partial charge in [-0.1, -0.05) is 26.0 Å². The number of benzene rings is 1. The maximum atomic E-state index is 13.9. The van der Waals surface area contributed by atoms with Gasteiger partial charge >= 0.3 is 0 Å². The molecule has 0 aliphatic rings. The minimum Gasteiger partial charge on any atom is -0.315 e. The zero-order chi connectivity index (χ0) is 15.3. The van der Waals surface area contributed by atoms with Crippen molar-refractivity contribution in [3.8, 4) is 0 Å². The predicted octanol–water partition coefficient (Wildman–Crippen LogP) is 3.22. The molecule has 1 N–H and O–H groups in total. The SMILES string of the molecule is CCC(CC)(C(Cc1cccc(F)c1F)NC)N(C)C. The smallest absolute Gasteiger partial charge is 0.162 e. The van der Waals surface area contributed by atoms with E-state index in [1.807, 2.05) is 21.1 Å². The van der Waals surface area contributed by atoms with Crippen LogP contribution < -0.4 is 5.32 Å². The first kappa shape index (κ1) is 17.1. The fourth-order valence-electron chi connectivity index (χ4n) is 3.17. The molecule has 0 saturated carbocycles. The molecule has 0 aromatic heterocycles. The fraction of sp³-hybridized carbons (Fsp3) is 0.625. The molecule has 0 radical (unpaired) electrons. The Kier molecular flexibility index (Phi) is 6.08. The fourth-order valence-corrected chi connectivity index (χ4v) is 3.17. The van der Waals surface area contributed by atoms with Crippen molar-refractivity contribution in [3.05, 3.63) is 35.4 Å². The van der Waals surface area contributed by atoms with Gasteiger partial charge in [0.25, 0.3) is 0 Å². The maximum absolute atomic E-state index is 13.9. The van der Waals surface area contributed by atoms with E-state index < -0.39 is 11.6 Å². The highest BCUT2D eigenvalue weighted by Crippen LogP contribution is 2.28. The summed E-state index contributed by atoms with van der Waals surface area (Å²) in [6.45, 7) is 4.27. The Morgan fingerprint density at radius 2 is 1.80 bits per heavy atom. The van der Waals surface area contributed by atoms with Gasteiger partial charge in [0.05, 0.1) is 0 Å². The van der Waals surface area contributed by atoms with E-state index >= 15 is 0 Å². The van der Waals surface area contributed by atoms with E-state index in [4.69, 9.17) is 0 Å². The van der Waals surface area contributed by atoms with E-state index in [2.05, 4.69) is 24.1 Å². The molecule has 1 atom stereocenters. The summed E-state index contributed by atoms with van der Waals surface area (Å²) < 4.78 is 27.2. The minimum absolute atomic E-state index is 0.0591. The number of halogens is 2. The highest BCUT2D eigenvalue weighted by atomic mass is 19.2. The van der Waals surface area contributed by atoms with Crippen molar-refractivity contribution in [2.24, 2.45) is 0 Å². The first-order chi connectivity index (χ1) is 9.42. The molecule has 1 aromatic carbocycles. The van der Waals surface area contributed by atoms with Crippen LogP contribution in [-0.2, 0) is 6.42 Å². The summed E-state index contributed by atoms with van der Waals surface area (Å²) in [5.41, 5.74) is 0.352. The van der Waals surface area contributed by atoms with Crippen LogP contribution in [0.2, 0.25) is 0 Å². The van der Waals surface area contributed by atoms with Crippen LogP contribution in [0.5, 0.6) is 0 Å². The monoisotopic (exact) mass is 284 g/mol. The van der Waals surface area contributed by atoms with Crippen LogP contribution in [0.3, 0.4) is 0 Å². The lowest BCUT2D eigenvalue weighted by atomic mass is 9.80. The van der Waals surface area contributed by atoms with Crippen LogP contribution in [0.4, 0.5) is 8.78 Å². The minimum atomic E-state index is -0.777. The van der Waals surface area contributed by atoms with Gasteiger partial charge < -0.3 is 10.2 Å². The van der Waals surface area contributed by atoms with Gasteiger partial charge in [-0.3, -0.25) is 0 Å². The lowest BCUT2D eigenvalue weighted by molar-refractivity contribution is 0.0913. The first-order valence-electron chi connectivity index (χ1n) is 7.20. The van der Waals surface area contributed by atoms with Crippen molar-refractivity contribution in [3.63, 3.8) is 0 Å². The van der Waals surface area contributed by atoms with E-state index in [0.717, 1.165) is 18.9 Å². The van der Waals surface area contributed by atoms with E-state index in [9.17, 15) is 8.78 Å². The predicted molar refractivity (Wildman–Crippen MR) is 79.9 cm³/mol. The molecule has 0 fully saturated rings. The van der Waals surface area contributed by atoms with Crippen molar-refractivity contribution < 1.29 is 8.78 Å². The number of nitrogens with zero attached hydrogens (tertiary/aromatic N) is 1. The highest BCUT2D eigenvalue weighted by molar-refractivity contribution is 5.21. The highest BCUT2D eigenvalue weighted by Gasteiger charge is 2.37. The van der Waals surface area contributed by atoms with Gasteiger partial charge in [-0.25, -0.2) is 8.78 Å². The normalized spacial score (nSPS) is 13.8. The molecule has 1 unspecified atom stereocenters. The summed E-state index contributed by atoms with van der Waals surface area (Å²) in [6.07, 6.45) is 2.36. The van der Waals surface area contributed by atoms with Gasteiger partial charge in [0.15, 0.2) is 11.6 Å². The molecular weight excluding hydrogens is 258 g/mol. The van der Waals surface area contributed by atoms with Gasteiger partial charge in [-0.15, -0.1) is 0 Å². The molecule has 2 nitrogen and oxygen atoms in total. The lowest BCUT2D eigenvalue weighted by Crippen LogP contribution is -2.58. The van der Waals surface area contributed by atoms with E-state index in [1.54, 1.807) is 12.1 Å². The number of hydrogen-bond donors (Lipinski definition) is 1. The molecule has 0 spiro atoms. The molecule has 0 heterocycles. The summed E-state index contributed by atoms with van der Waals surface area (Å²) in [4.78, 5) is 2.19. The topological polar surface area (TPSA) is 15.3 Å². The molecule has 20 heavy (non-hydrogen) atoms. The Morgan fingerprint density at radius 1 is 1.20 bits per heavy atom. The van der Waals surface area contributed by atoms with E-state index in [-0.39, 0.29) is 11.6 Å². The molecule has 0 amide bonds. The number of nitrogens with one attached hydrogen (secondary N) is 1. The quantitative estimate of drug-likeness (QED) is 0.827. The third kappa shape index (κ3) is 3.18. The van der Waals surface area contributed by atoms with Crippen LogP contribution >= 0.6 is 0 Å². The van der Waals surface area contributed by atoms with Crippen LogP contribution in [0.25, 0.3) is 0 Å². The van der Waals surface area contributed by atoms with Crippen LogP contribution in [0.15, 0.2) is 18.2 Å². The van der Waals surface area contributed by atoms with E-state index in [0.29, 0.717) is 12.0 Å². The average molecular weight is 284 g/mol. The van der Waals surface area contributed by atoms with Crippen LogP contribution in [0, 0.1) is 11.6 Å². The van der Waals surface area contributed by atoms with Crippen molar-refractivity contribution >= 4 is 0 Å². The molecule has 0 saturated heterocycles. The first-order valence-corrected chi connectivity index (χ1v) is 7.20. The third-order valence-electron chi connectivity index (χ3n) is 4.57. The second kappa shape index (κ2) is 7.14. The van der Waals surface area contributed by atoms with Crippen molar-refractivity contribution in [2.45, 2.75) is 44.7 Å². The Labute approximate surface area is 121 Å². The zero-order valence-corrected chi connectivity index (χ0v) is 13.1. The number of hydrogen-bond acceptors (Lipinski definition) is 2. The Bertz CT molecular complexity index is 428. The Balaban J connectivity index is 3.10. The van der Waals surface area contributed by atoms with Gasteiger partial charge in [-0.05, 0) is 52.0 Å². The Morgan fingerprint density at radius 3 is 2.25 bits per heavy atom. The Hall–Kier alpha value is -1.00. The van der Waals surface area contributed by atoms with Gasteiger partial charge in [0, 0.05) is 11.6 Å². The van der Waals surface area contributed by atoms with Crippen molar-refractivity contribution in [2.75, 3.05) is 21.1 Å². The summed E-state index contributed by atoms with van der Waals surface area (Å²) in [5.74, 6) is -1.51. The maximum Gasteiger partial charge on any atom is 0.162 e. The molecule has 0 bridgehead atoms. The van der Waals surface area contributed by atoms with Gasteiger partial charge in [0.2, 0.25) is 0 Å².